The molecule has 88 valence electrons. The normalized spacial score (nSPS) is 17.6. The third-order valence-electron chi connectivity index (χ3n) is 2.93. The molecule has 16 heavy (non-hydrogen) atoms. The van der Waals surface area contributed by atoms with Crippen LogP contribution in [0.2, 0.25) is 0 Å². The van der Waals surface area contributed by atoms with E-state index in [-0.39, 0.29) is 5.75 Å². The van der Waals surface area contributed by atoms with E-state index in [2.05, 4.69) is 36.8 Å². The van der Waals surface area contributed by atoms with Gasteiger partial charge in [-0.25, -0.2) is 0 Å². The van der Waals surface area contributed by atoms with Crippen LogP contribution < -0.4 is 0 Å². The number of likely N-dealkylation sites (tertiary alicyclic amines) is 1. The van der Waals surface area contributed by atoms with E-state index in [0.29, 0.717) is 0 Å². The molecule has 0 atom stereocenters. The molecule has 1 N–H and O–H groups in total. The number of hydrogen-bond acceptors (Lipinski definition) is 2. The summed E-state index contributed by atoms with van der Waals surface area (Å²) in [6, 6.07) is 3.99. The predicted molar refractivity (Wildman–Crippen MR) is 72.6 cm³/mol. The van der Waals surface area contributed by atoms with Crippen LogP contribution in [0.5, 0.6) is 5.75 Å². The molecule has 0 spiro atoms. The van der Waals surface area contributed by atoms with Crippen LogP contribution in [0.4, 0.5) is 0 Å². The zero-order chi connectivity index (χ0) is 11.5. The average Bonchev–Trinajstić information content (AvgIpc) is 2.27. The van der Waals surface area contributed by atoms with Crippen LogP contribution in [-0.2, 0) is 6.54 Å². The summed E-state index contributed by atoms with van der Waals surface area (Å²) in [5.74, 6) is 0.280. The maximum atomic E-state index is 9.63. The second-order valence-electron chi connectivity index (χ2n) is 4.24. The van der Waals surface area contributed by atoms with Gasteiger partial charge in [-0.05, 0) is 75.5 Å². The van der Waals surface area contributed by atoms with Gasteiger partial charge < -0.3 is 5.11 Å². The first-order valence-electron chi connectivity index (χ1n) is 5.56. The first kappa shape index (κ1) is 12.4. The Morgan fingerprint density at radius 1 is 1.06 bits per heavy atom. The van der Waals surface area contributed by atoms with E-state index in [0.717, 1.165) is 15.5 Å². The van der Waals surface area contributed by atoms with Gasteiger partial charge in [0, 0.05) is 6.54 Å². The van der Waals surface area contributed by atoms with Crippen LogP contribution in [0.15, 0.2) is 21.1 Å². The van der Waals surface area contributed by atoms with Gasteiger partial charge in [0.05, 0.1) is 8.95 Å². The minimum absolute atomic E-state index is 0.280. The molecule has 1 saturated heterocycles. The van der Waals surface area contributed by atoms with Crippen molar-refractivity contribution >= 4 is 31.9 Å². The number of benzene rings is 1. The summed E-state index contributed by atoms with van der Waals surface area (Å²) in [6.45, 7) is 3.35. The van der Waals surface area contributed by atoms with Crippen molar-refractivity contribution in [3.05, 3.63) is 26.6 Å². The first-order chi connectivity index (χ1) is 7.66. The maximum absolute atomic E-state index is 9.63. The van der Waals surface area contributed by atoms with Gasteiger partial charge in [-0.1, -0.05) is 6.42 Å². The zero-order valence-corrected chi connectivity index (χ0v) is 12.2. The molecule has 0 saturated carbocycles. The molecule has 1 aliphatic heterocycles. The van der Waals surface area contributed by atoms with Crippen LogP contribution >= 0.6 is 31.9 Å². The molecule has 1 fully saturated rings. The summed E-state index contributed by atoms with van der Waals surface area (Å²) in [6.07, 6.45) is 3.97. The van der Waals surface area contributed by atoms with E-state index >= 15 is 0 Å². The van der Waals surface area contributed by atoms with Crippen LogP contribution in [-0.4, -0.2) is 23.1 Å². The lowest BCUT2D eigenvalue weighted by Gasteiger charge is -2.26. The summed E-state index contributed by atoms with van der Waals surface area (Å²) in [4.78, 5) is 2.47. The summed E-state index contributed by atoms with van der Waals surface area (Å²) in [7, 11) is 0. The summed E-state index contributed by atoms with van der Waals surface area (Å²) in [5.41, 5.74) is 1.23. The van der Waals surface area contributed by atoms with E-state index in [1.54, 1.807) is 0 Å². The number of aromatic hydroxyl groups is 1. The summed E-state index contributed by atoms with van der Waals surface area (Å²) < 4.78 is 1.52. The number of rotatable bonds is 2. The van der Waals surface area contributed by atoms with Gasteiger partial charge >= 0.3 is 0 Å². The predicted octanol–water partition coefficient (Wildman–Crippen LogP) is 3.90. The van der Waals surface area contributed by atoms with E-state index in [9.17, 15) is 5.11 Å². The lowest BCUT2D eigenvalue weighted by atomic mass is 10.1. The van der Waals surface area contributed by atoms with Crippen LogP contribution in [0.25, 0.3) is 0 Å². The molecule has 1 aromatic carbocycles. The molecular formula is C12H15Br2NO. The monoisotopic (exact) mass is 347 g/mol. The Hall–Kier alpha value is -0.0600. The Bertz CT molecular complexity index is 352. The lowest BCUT2D eigenvalue weighted by Crippen LogP contribution is -2.29. The molecule has 1 aromatic rings. The van der Waals surface area contributed by atoms with Crippen molar-refractivity contribution in [3.8, 4) is 5.75 Å². The van der Waals surface area contributed by atoms with Crippen LogP contribution in [0.1, 0.15) is 24.8 Å². The quantitative estimate of drug-likeness (QED) is 0.876. The second-order valence-corrected chi connectivity index (χ2v) is 5.95. The second kappa shape index (κ2) is 5.52. The molecule has 2 rings (SSSR count). The summed E-state index contributed by atoms with van der Waals surface area (Å²) >= 11 is 6.73. The molecule has 0 aromatic heterocycles. The number of phenols is 1. The van der Waals surface area contributed by atoms with Gasteiger partial charge in [0.15, 0.2) is 0 Å². The molecule has 2 nitrogen and oxygen atoms in total. The number of hydrogen-bond donors (Lipinski definition) is 1. The first-order valence-corrected chi connectivity index (χ1v) is 7.14. The molecule has 1 aliphatic rings. The van der Waals surface area contributed by atoms with Gasteiger partial charge in [-0.2, -0.15) is 0 Å². The van der Waals surface area contributed by atoms with Crippen molar-refractivity contribution in [2.75, 3.05) is 13.1 Å². The topological polar surface area (TPSA) is 23.5 Å². The maximum Gasteiger partial charge on any atom is 0.143 e. The fraction of sp³-hybridized carbons (Fsp3) is 0.500. The van der Waals surface area contributed by atoms with Crippen molar-refractivity contribution in [1.82, 2.24) is 4.90 Å². The van der Waals surface area contributed by atoms with Crippen molar-refractivity contribution in [1.29, 1.82) is 0 Å². The highest BCUT2D eigenvalue weighted by atomic mass is 79.9. The lowest BCUT2D eigenvalue weighted by molar-refractivity contribution is 0.221. The Kier molecular flexibility index (Phi) is 4.27. The smallest absolute Gasteiger partial charge is 0.143 e. The minimum atomic E-state index is 0.280. The van der Waals surface area contributed by atoms with Crippen molar-refractivity contribution in [2.24, 2.45) is 0 Å². The Labute approximate surface area is 113 Å². The van der Waals surface area contributed by atoms with Gasteiger partial charge in [0.2, 0.25) is 0 Å². The highest BCUT2D eigenvalue weighted by molar-refractivity contribution is 9.11. The molecular weight excluding hydrogens is 334 g/mol. The Balaban J connectivity index is 2.09. The van der Waals surface area contributed by atoms with Crippen molar-refractivity contribution < 1.29 is 5.11 Å². The van der Waals surface area contributed by atoms with E-state index in [1.165, 1.54) is 37.9 Å². The largest absolute Gasteiger partial charge is 0.506 e. The van der Waals surface area contributed by atoms with Gasteiger partial charge in [0.1, 0.15) is 5.75 Å². The van der Waals surface area contributed by atoms with E-state index in [4.69, 9.17) is 0 Å². The molecule has 4 heteroatoms. The molecule has 0 unspecified atom stereocenters. The van der Waals surface area contributed by atoms with Gasteiger partial charge in [0.25, 0.3) is 0 Å². The van der Waals surface area contributed by atoms with E-state index < -0.39 is 0 Å². The molecule has 0 radical (unpaired) electrons. The molecule has 1 heterocycles. The number of halogens is 2. The number of phenolic OH excluding ortho intramolecular Hbond substituents is 1. The SMILES string of the molecule is Oc1c(Br)cc(CN2CCCCC2)cc1Br. The third-order valence-corrected chi connectivity index (χ3v) is 4.14. The minimum Gasteiger partial charge on any atom is -0.506 e. The number of piperidine rings is 1. The van der Waals surface area contributed by atoms with Crippen LogP contribution in [0.3, 0.4) is 0 Å². The highest BCUT2D eigenvalue weighted by Crippen LogP contribution is 2.33. The standard InChI is InChI=1S/C12H15Br2NO/c13-10-6-9(7-11(14)12(10)16)8-15-4-2-1-3-5-15/h6-7,16H,1-5,8H2. The fourth-order valence-electron chi connectivity index (χ4n) is 2.09. The zero-order valence-electron chi connectivity index (χ0n) is 9.05. The fourth-order valence-corrected chi connectivity index (χ4v) is 3.37. The van der Waals surface area contributed by atoms with Gasteiger partial charge in [-0.3, -0.25) is 4.90 Å². The summed E-state index contributed by atoms with van der Waals surface area (Å²) in [5, 5.41) is 9.63. The van der Waals surface area contributed by atoms with Crippen LogP contribution in [0, 0.1) is 0 Å². The molecule has 0 amide bonds. The third kappa shape index (κ3) is 2.99. The van der Waals surface area contributed by atoms with Gasteiger partial charge in [-0.15, -0.1) is 0 Å². The highest BCUT2D eigenvalue weighted by Gasteiger charge is 2.12. The molecule has 0 bridgehead atoms. The van der Waals surface area contributed by atoms with Crippen molar-refractivity contribution in [3.63, 3.8) is 0 Å². The average molecular weight is 349 g/mol. The Morgan fingerprint density at radius 2 is 1.62 bits per heavy atom. The van der Waals surface area contributed by atoms with E-state index in [1.807, 2.05) is 12.1 Å². The van der Waals surface area contributed by atoms with Crippen molar-refractivity contribution in [2.45, 2.75) is 25.8 Å². The Morgan fingerprint density at radius 3 is 2.19 bits per heavy atom. The number of nitrogens with zero attached hydrogens (tertiary/aromatic N) is 1. The molecule has 0 aliphatic carbocycles.